The maximum Gasteiger partial charge on any atom is 0.120 e. The predicted molar refractivity (Wildman–Crippen MR) is 83.6 cm³/mol. The number of hydrogen-bond donors (Lipinski definition) is 2. The Hall–Kier alpha value is -2.00. The van der Waals surface area contributed by atoms with Gasteiger partial charge in [-0.1, -0.05) is 24.3 Å². The highest BCUT2D eigenvalue weighted by molar-refractivity contribution is 5.39. The summed E-state index contributed by atoms with van der Waals surface area (Å²) in [6.07, 6.45) is 3.44. The van der Waals surface area contributed by atoms with Gasteiger partial charge in [-0.15, -0.1) is 0 Å². The summed E-state index contributed by atoms with van der Waals surface area (Å²) in [4.78, 5) is 0. The van der Waals surface area contributed by atoms with E-state index in [1.807, 2.05) is 24.3 Å². The van der Waals surface area contributed by atoms with E-state index < -0.39 is 0 Å². The van der Waals surface area contributed by atoms with Crippen molar-refractivity contribution in [3.8, 4) is 11.5 Å². The van der Waals surface area contributed by atoms with Crippen LogP contribution in [0.25, 0.3) is 0 Å². The summed E-state index contributed by atoms with van der Waals surface area (Å²) in [6, 6.07) is 14.1. The van der Waals surface area contributed by atoms with Crippen molar-refractivity contribution in [2.45, 2.75) is 31.8 Å². The fourth-order valence-corrected chi connectivity index (χ4v) is 3.01. The lowest BCUT2D eigenvalue weighted by molar-refractivity contribution is 0.407. The molecule has 1 unspecified atom stereocenters. The van der Waals surface area contributed by atoms with E-state index in [1.54, 1.807) is 13.2 Å². The van der Waals surface area contributed by atoms with E-state index in [1.165, 1.54) is 17.5 Å². The molecule has 1 atom stereocenters. The minimum absolute atomic E-state index is 0.323. The summed E-state index contributed by atoms with van der Waals surface area (Å²) >= 11 is 0. The Bertz CT molecular complexity index is 624. The first-order valence-electron chi connectivity index (χ1n) is 7.45. The standard InChI is InChI=1S/C18H21NO2/c1-21-15-10-9-13-6-4-7-17(16(13)11-15)19-12-14-5-2-3-8-18(14)20/h2-3,5,8-11,17,19-20H,4,6-7,12H2,1H3. The molecule has 0 saturated heterocycles. The molecule has 0 bridgehead atoms. The molecule has 0 fully saturated rings. The molecule has 0 aromatic heterocycles. The van der Waals surface area contributed by atoms with Crippen molar-refractivity contribution in [3.05, 3.63) is 59.2 Å². The van der Waals surface area contributed by atoms with Crippen LogP contribution in [0.5, 0.6) is 11.5 Å². The number of para-hydroxylation sites is 1. The number of hydrogen-bond acceptors (Lipinski definition) is 3. The van der Waals surface area contributed by atoms with Crippen molar-refractivity contribution < 1.29 is 9.84 Å². The molecule has 2 aromatic carbocycles. The van der Waals surface area contributed by atoms with Crippen molar-refractivity contribution >= 4 is 0 Å². The molecule has 0 saturated carbocycles. The van der Waals surface area contributed by atoms with Crippen molar-refractivity contribution in [2.75, 3.05) is 7.11 Å². The van der Waals surface area contributed by atoms with Gasteiger partial charge in [-0.2, -0.15) is 0 Å². The third-order valence-electron chi connectivity index (χ3n) is 4.20. The fourth-order valence-electron chi connectivity index (χ4n) is 3.01. The van der Waals surface area contributed by atoms with E-state index in [0.29, 0.717) is 18.3 Å². The third kappa shape index (κ3) is 3.03. The minimum atomic E-state index is 0.323. The highest BCUT2D eigenvalue weighted by Gasteiger charge is 2.20. The van der Waals surface area contributed by atoms with Gasteiger partial charge in [0.2, 0.25) is 0 Å². The Morgan fingerprint density at radius 3 is 2.90 bits per heavy atom. The number of nitrogens with one attached hydrogen (secondary N) is 1. The maximum absolute atomic E-state index is 9.86. The minimum Gasteiger partial charge on any atom is -0.508 e. The van der Waals surface area contributed by atoms with Crippen molar-refractivity contribution in [1.82, 2.24) is 5.32 Å². The second-order valence-corrected chi connectivity index (χ2v) is 5.52. The van der Waals surface area contributed by atoms with Crippen LogP contribution in [0.2, 0.25) is 0 Å². The Kier molecular flexibility index (Phi) is 4.11. The van der Waals surface area contributed by atoms with Crippen LogP contribution in [0.3, 0.4) is 0 Å². The first kappa shape index (κ1) is 14.0. The van der Waals surface area contributed by atoms with E-state index in [0.717, 1.165) is 24.2 Å². The predicted octanol–water partition coefficient (Wildman–Crippen LogP) is 3.57. The molecule has 1 aliphatic carbocycles. The van der Waals surface area contributed by atoms with Gasteiger partial charge in [0.25, 0.3) is 0 Å². The third-order valence-corrected chi connectivity index (χ3v) is 4.20. The largest absolute Gasteiger partial charge is 0.508 e. The molecule has 3 rings (SSSR count). The Morgan fingerprint density at radius 1 is 1.24 bits per heavy atom. The number of ether oxygens (including phenoxy) is 1. The van der Waals surface area contributed by atoms with Crippen molar-refractivity contribution in [3.63, 3.8) is 0 Å². The first-order valence-corrected chi connectivity index (χ1v) is 7.45. The normalized spacial score (nSPS) is 17.3. The number of phenolic OH excluding ortho intramolecular Hbond substituents is 1. The van der Waals surface area contributed by atoms with Crippen LogP contribution < -0.4 is 10.1 Å². The zero-order chi connectivity index (χ0) is 14.7. The van der Waals surface area contributed by atoms with Gasteiger partial charge in [0.1, 0.15) is 11.5 Å². The van der Waals surface area contributed by atoms with Gasteiger partial charge in [-0.05, 0) is 48.6 Å². The fraction of sp³-hybridized carbons (Fsp3) is 0.333. The van der Waals surface area contributed by atoms with Gasteiger partial charge in [0.05, 0.1) is 7.11 Å². The zero-order valence-electron chi connectivity index (χ0n) is 12.3. The topological polar surface area (TPSA) is 41.5 Å². The van der Waals surface area contributed by atoms with Gasteiger partial charge in [0.15, 0.2) is 0 Å². The summed E-state index contributed by atoms with van der Waals surface area (Å²) < 4.78 is 5.34. The van der Waals surface area contributed by atoms with Gasteiger partial charge in [-0.25, -0.2) is 0 Å². The molecule has 21 heavy (non-hydrogen) atoms. The molecule has 2 N–H and O–H groups in total. The summed E-state index contributed by atoms with van der Waals surface area (Å²) in [5, 5.41) is 13.4. The lowest BCUT2D eigenvalue weighted by atomic mass is 9.87. The molecule has 110 valence electrons. The van der Waals surface area contributed by atoms with Crippen LogP contribution in [0, 0.1) is 0 Å². The SMILES string of the molecule is COc1ccc2c(c1)C(NCc1ccccc1O)CCC2. The lowest BCUT2D eigenvalue weighted by Crippen LogP contribution is -2.25. The molecule has 2 aromatic rings. The van der Waals surface area contributed by atoms with E-state index in [-0.39, 0.29) is 0 Å². The number of aromatic hydroxyl groups is 1. The number of aryl methyl sites for hydroxylation is 1. The van der Waals surface area contributed by atoms with Gasteiger partial charge in [-0.3, -0.25) is 0 Å². The van der Waals surface area contributed by atoms with Crippen molar-refractivity contribution in [1.29, 1.82) is 0 Å². The van der Waals surface area contributed by atoms with Crippen LogP contribution in [-0.4, -0.2) is 12.2 Å². The molecule has 3 nitrogen and oxygen atoms in total. The van der Waals surface area contributed by atoms with E-state index >= 15 is 0 Å². The number of fused-ring (bicyclic) bond motifs is 1. The van der Waals surface area contributed by atoms with E-state index in [2.05, 4.69) is 17.4 Å². The summed E-state index contributed by atoms with van der Waals surface area (Å²) in [6.45, 7) is 0.675. The number of benzene rings is 2. The lowest BCUT2D eigenvalue weighted by Gasteiger charge is -2.27. The average Bonchev–Trinajstić information content (AvgIpc) is 2.53. The summed E-state index contributed by atoms with van der Waals surface area (Å²) in [7, 11) is 1.70. The van der Waals surface area contributed by atoms with Crippen LogP contribution in [-0.2, 0) is 13.0 Å². The van der Waals surface area contributed by atoms with Crippen molar-refractivity contribution in [2.24, 2.45) is 0 Å². The average molecular weight is 283 g/mol. The number of phenols is 1. The Morgan fingerprint density at radius 2 is 2.10 bits per heavy atom. The van der Waals surface area contributed by atoms with Crippen LogP contribution >= 0.6 is 0 Å². The van der Waals surface area contributed by atoms with Crippen LogP contribution in [0.1, 0.15) is 35.6 Å². The van der Waals surface area contributed by atoms with E-state index in [4.69, 9.17) is 4.74 Å². The molecule has 0 aliphatic heterocycles. The monoisotopic (exact) mass is 283 g/mol. The van der Waals surface area contributed by atoms with Gasteiger partial charge in [0, 0.05) is 18.2 Å². The molecule has 1 aliphatic rings. The molecule has 0 spiro atoms. The molecule has 0 heterocycles. The molecule has 0 amide bonds. The first-order chi connectivity index (χ1) is 10.3. The van der Waals surface area contributed by atoms with Crippen LogP contribution in [0.4, 0.5) is 0 Å². The van der Waals surface area contributed by atoms with Gasteiger partial charge < -0.3 is 15.2 Å². The van der Waals surface area contributed by atoms with Crippen LogP contribution in [0.15, 0.2) is 42.5 Å². The number of rotatable bonds is 4. The Labute approximate surface area is 125 Å². The second-order valence-electron chi connectivity index (χ2n) is 5.52. The smallest absolute Gasteiger partial charge is 0.120 e. The highest BCUT2D eigenvalue weighted by Crippen LogP contribution is 2.32. The summed E-state index contributed by atoms with van der Waals surface area (Å²) in [5.74, 6) is 1.26. The second kappa shape index (κ2) is 6.19. The molecular weight excluding hydrogens is 262 g/mol. The Balaban J connectivity index is 1.77. The molecule has 0 radical (unpaired) electrons. The van der Waals surface area contributed by atoms with Gasteiger partial charge >= 0.3 is 0 Å². The molecular formula is C18H21NO2. The molecule has 3 heteroatoms. The quantitative estimate of drug-likeness (QED) is 0.901. The number of methoxy groups -OCH3 is 1. The maximum atomic E-state index is 9.86. The summed E-state index contributed by atoms with van der Waals surface area (Å²) in [5.41, 5.74) is 3.67. The van der Waals surface area contributed by atoms with E-state index in [9.17, 15) is 5.11 Å². The highest BCUT2D eigenvalue weighted by atomic mass is 16.5. The zero-order valence-corrected chi connectivity index (χ0v) is 12.3.